The maximum atomic E-state index is 11.8. The molecule has 0 radical (unpaired) electrons. The number of rotatable bonds is 4. The lowest BCUT2D eigenvalue weighted by molar-refractivity contribution is -0.125. The highest BCUT2D eigenvalue weighted by molar-refractivity contribution is 5.79. The van der Waals surface area contributed by atoms with Crippen LogP contribution in [0.4, 0.5) is 0 Å². The highest BCUT2D eigenvalue weighted by atomic mass is 16.1. The molecule has 0 aromatic rings. The first kappa shape index (κ1) is 10.9. The minimum atomic E-state index is 0.188. The van der Waals surface area contributed by atoms with Gasteiger partial charge in [-0.1, -0.05) is 6.92 Å². The van der Waals surface area contributed by atoms with Crippen LogP contribution in [0.3, 0.4) is 0 Å². The minimum Gasteiger partial charge on any atom is -0.355 e. The van der Waals surface area contributed by atoms with E-state index < -0.39 is 0 Å². The van der Waals surface area contributed by atoms with Gasteiger partial charge < -0.3 is 11.1 Å². The standard InChI is InChI=1S/C12H22N2O/c1-2-12(5-6-12)8-14-11(15)9-3-4-10(13)7-9/h9-10H,2-8,13H2,1H3,(H,14,15). The summed E-state index contributed by atoms with van der Waals surface area (Å²) in [6.45, 7) is 3.10. The third-order valence-electron chi connectivity index (χ3n) is 4.19. The molecule has 0 aliphatic heterocycles. The van der Waals surface area contributed by atoms with Crippen molar-refractivity contribution >= 4 is 5.91 Å². The van der Waals surface area contributed by atoms with E-state index in [1.54, 1.807) is 0 Å². The van der Waals surface area contributed by atoms with E-state index in [0.29, 0.717) is 5.41 Å². The molecule has 0 aromatic heterocycles. The molecule has 0 heterocycles. The first-order valence-corrected chi connectivity index (χ1v) is 6.18. The molecule has 3 N–H and O–H groups in total. The van der Waals surface area contributed by atoms with Gasteiger partial charge in [-0.05, 0) is 43.9 Å². The van der Waals surface area contributed by atoms with E-state index in [2.05, 4.69) is 12.2 Å². The van der Waals surface area contributed by atoms with E-state index in [0.717, 1.165) is 25.8 Å². The monoisotopic (exact) mass is 210 g/mol. The third-order valence-corrected chi connectivity index (χ3v) is 4.19. The van der Waals surface area contributed by atoms with Crippen LogP contribution < -0.4 is 11.1 Å². The molecule has 3 heteroatoms. The fourth-order valence-electron chi connectivity index (χ4n) is 2.51. The molecule has 2 saturated carbocycles. The smallest absolute Gasteiger partial charge is 0.223 e. The third kappa shape index (κ3) is 2.51. The molecule has 15 heavy (non-hydrogen) atoms. The molecule has 0 saturated heterocycles. The number of hydrogen-bond acceptors (Lipinski definition) is 2. The Kier molecular flexibility index (Phi) is 3.01. The van der Waals surface area contributed by atoms with E-state index in [1.165, 1.54) is 19.3 Å². The largest absolute Gasteiger partial charge is 0.355 e. The Morgan fingerprint density at radius 2 is 2.20 bits per heavy atom. The summed E-state index contributed by atoms with van der Waals surface area (Å²) in [6.07, 6.45) is 6.63. The van der Waals surface area contributed by atoms with Crippen LogP contribution >= 0.6 is 0 Å². The molecule has 2 aliphatic rings. The molecule has 2 aliphatic carbocycles. The summed E-state index contributed by atoms with van der Waals surface area (Å²) in [5.41, 5.74) is 6.26. The van der Waals surface area contributed by atoms with Crippen molar-refractivity contribution in [3.63, 3.8) is 0 Å². The van der Waals surface area contributed by atoms with E-state index in [9.17, 15) is 4.79 Å². The van der Waals surface area contributed by atoms with Gasteiger partial charge in [0.15, 0.2) is 0 Å². The zero-order valence-electron chi connectivity index (χ0n) is 9.59. The van der Waals surface area contributed by atoms with Gasteiger partial charge in [-0.2, -0.15) is 0 Å². The Balaban J connectivity index is 1.73. The number of nitrogens with two attached hydrogens (primary N) is 1. The molecule has 0 bridgehead atoms. The van der Waals surface area contributed by atoms with Crippen molar-refractivity contribution in [3.05, 3.63) is 0 Å². The quantitative estimate of drug-likeness (QED) is 0.737. The average Bonchev–Trinajstić information content (AvgIpc) is 2.90. The molecule has 2 fully saturated rings. The number of amides is 1. The van der Waals surface area contributed by atoms with Gasteiger partial charge in [0.2, 0.25) is 5.91 Å². The molecule has 2 unspecified atom stereocenters. The summed E-state index contributed by atoms with van der Waals surface area (Å²) < 4.78 is 0. The Morgan fingerprint density at radius 1 is 1.47 bits per heavy atom. The van der Waals surface area contributed by atoms with Gasteiger partial charge in [0.25, 0.3) is 0 Å². The van der Waals surface area contributed by atoms with Crippen molar-refractivity contribution in [2.24, 2.45) is 17.1 Å². The van der Waals surface area contributed by atoms with Crippen LogP contribution in [0.1, 0.15) is 45.4 Å². The van der Waals surface area contributed by atoms with Gasteiger partial charge in [-0.3, -0.25) is 4.79 Å². The topological polar surface area (TPSA) is 55.1 Å². The first-order chi connectivity index (χ1) is 7.15. The predicted molar refractivity (Wildman–Crippen MR) is 60.3 cm³/mol. The molecular weight excluding hydrogens is 188 g/mol. The lowest BCUT2D eigenvalue weighted by Gasteiger charge is -2.16. The molecule has 86 valence electrons. The Bertz CT molecular complexity index is 248. The summed E-state index contributed by atoms with van der Waals surface area (Å²) in [5, 5.41) is 3.10. The fraction of sp³-hybridized carbons (Fsp3) is 0.917. The molecule has 3 nitrogen and oxygen atoms in total. The van der Waals surface area contributed by atoms with Crippen LogP contribution in [-0.2, 0) is 4.79 Å². The zero-order valence-corrected chi connectivity index (χ0v) is 9.59. The maximum absolute atomic E-state index is 11.8. The molecule has 2 rings (SSSR count). The molecular formula is C12H22N2O. The second kappa shape index (κ2) is 4.12. The SMILES string of the molecule is CCC1(CNC(=O)C2CCC(N)C2)CC1. The number of carbonyl (C=O) groups excluding carboxylic acids is 1. The van der Waals surface area contributed by atoms with Crippen LogP contribution in [0.25, 0.3) is 0 Å². The Morgan fingerprint density at radius 3 is 2.67 bits per heavy atom. The summed E-state index contributed by atoms with van der Waals surface area (Å²) >= 11 is 0. The van der Waals surface area contributed by atoms with Crippen molar-refractivity contribution in [1.29, 1.82) is 0 Å². The lowest BCUT2D eigenvalue weighted by atomic mass is 10.0. The maximum Gasteiger partial charge on any atom is 0.223 e. The number of carbonyl (C=O) groups is 1. The van der Waals surface area contributed by atoms with Gasteiger partial charge in [-0.15, -0.1) is 0 Å². The average molecular weight is 210 g/mol. The van der Waals surface area contributed by atoms with Crippen LogP contribution in [0.5, 0.6) is 0 Å². The molecule has 2 atom stereocenters. The Labute approximate surface area is 91.8 Å². The van der Waals surface area contributed by atoms with Gasteiger partial charge in [-0.25, -0.2) is 0 Å². The van der Waals surface area contributed by atoms with Crippen LogP contribution in [0, 0.1) is 11.3 Å². The van der Waals surface area contributed by atoms with Gasteiger partial charge >= 0.3 is 0 Å². The molecule has 0 spiro atoms. The molecule has 1 amide bonds. The summed E-state index contributed by atoms with van der Waals surface area (Å²) in [6, 6.07) is 0.252. The zero-order chi connectivity index (χ0) is 10.9. The highest BCUT2D eigenvalue weighted by Crippen LogP contribution is 2.47. The van der Waals surface area contributed by atoms with Crippen LogP contribution in [0.15, 0.2) is 0 Å². The number of hydrogen-bond donors (Lipinski definition) is 2. The van der Waals surface area contributed by atoms with E-state index in [1.807, 2.05) is 0 Å². The van der Waals surface area contributed by atoms with E-state index in [-0.39, 0.29) is 17.9 Å². The minimum absolute atomic E-state index is 0.188. The van der Waals surface area contributed by atoms with Crippen molar-refractivity contribution in [2.75, 3.05) is 6.54 Å². The molecule has 0 aromatic carbocycles. The normalized spacial score (nSPS) is 32.7. The number of nitrogens with one attached hydrogen (secondary N) is 1. The van der Waals surface area contributed by atoms with Gasteiger partial charge in [0.05, 0.1) is 0 Å². The summed E-state index contributed by atoms with van der Waals surface area (Å²) in [5.74, 6) is 0.426. The Hall–Kier alpha value is -0.570. The van der Waals surface area contributed by atoms with Crippen molar-refractivity contribution < 1.29 is 4.79 Å². The van der Waals surface area contributed by atoms with E-state index >= 15 is 0 Å². The summed E-state index contributed by atoms with van der Waals surface area (Å²) in [7, 11) is 0. The fourth-order valence-corrected chi connectivity index (χ4v) is 2.51. The van der Waals surface area contributed by atoms with Crippen molar-refractivity contribution in [3.8, 4) is 0 Å². The first-order valence-electron chi connectivity index (χ1n) is 6.18. The second-order valence-electron chi connectivity index (χ2n) is 5.34. The van der Waals surface area contributed by atoms with E-state index in [4.69, 9.17) is 5.73 Å². The van der Waals surface area contributed by atoms with Crippen LogP contribution in [0.2, 0.25) is 0 Å². The lowest BCUT2D eigenvalue weighted by Crippen LogP contribution is -2.34. The highest BCUT2D eigenvalue weighted by Gasteiger charge is 2.41. The summed E-state index contributed by atoms with van der Waals surface area (Å²) in [4.78, 5) is 11.8. The van der Waals surface area contributed by atoms with Gasteiger partial charge in [0, 0.05) is 18.5 Å². The van der Waals surface area contributed by atoms with Crippen molar-refractivity contribution in [2.45, 2.75) is 51.5 Å². The van der Waals surface area contributed by atoms with Crippen molar-refractivity contribution in [1.82, 2.24) is 5.32 Å². The van der Waals surface area contributed by atoms with Gasteiger partial charge in [0.1, 0.15) is 0 Å². The second-order valence-corrected chi connectivity index (χ2v) is 5.34. The predicted octanol–water partition coefficient (Wildman–Crippen LogP) is 1.42. The van der Waals surface area contributed by atoms with Crippen LogP contribution in [-0.4, -0.2) is 18.5 Å².